The van der Waals surface area contributed by atoms with Crippen molar-refractivity contribution in [1.82, 2.24) is 5.32 Å². The van der Waals surface area contributed by atoms with Gasteiger partial charge in [-0.05, 0) is 68.5 Å². The molecule has 0 saturated carbocycles. The molecule has 0 bridgehead atoms. The number of carbonyl (C=O) groups excluding carboxylic acids is 1. The molecule has 26 heavy (non-hydrogen) atoms. The lowest BCUT2D eigenvalue weighted by molar-refractivity contribution is -0.128. The first kappa shape index (κ1) is 19.8. The molecule has 0 aromatic heterocycles. The van der Waals surface area contributed by atoms with Crippen LogP contribution in [0.3, 0.4) is 0 Å². The van der Waals surface area contributed by atoms with Crippen LogP contribution in [-0.2, 0) is 4.79 Å². The van der Waals surface area contributed by atoms with Crippen molar-refractivity contribution in [2.24, 2.45) is 0 Å². The molecule has 2 atom stereocenters. The third kappa shape index (κ3) is 4.57. The van der Waals surface area contributed by atoms with Gasteiger partial charge >= 0.3 is 0 Å². The lowest BCUT2D eigenvalue weighted by Gasteiger charge is -2.23. The molecule has 0 aliphatic rings. The molecule has 0 fully saturated rings. The van der Waals surface area contributed by atoms with E-state index in [-0.39, 0.29) is 11.9 Å². The molecular weight excluding hydrogens is 326 g/mol. The summed E-state index contributed by atoms with van der Waals surface area (Å²) in [5, 5.41) is 3.09. The van der Waals surface area contributed by atoms with E-state index in [1.165, 1.54) is 16.7 Å². The summed E-state index contributed by atoms with van der Waals surface area (Å²) in [5.74, 6) is 1.08. The standard InChI is InChI=1S/C22H29NO3/c1-7-19(26-21-11-9-8-10-20(21)25-6)22(24)23-17(5)18-13-15(3)14(2)12-16(18)4/h8-13,17,19H,7H2,1-6H3,(H,23,24)/t17-,19+/m1/s1. The summed E-state index contributed by atoms with van der Waals surface area (Å²) in [6.07, 6.45) is 0.00305. The number of nitrogens with one attached hydrogen (secondary N) is 1. The largest absolute Gasteiger partial charge is 0.493 e. The number of hydrogen-bond donors (Lipinski definition) is 1. The van der Waals surface area contributed by atoms with Gasteiger partial charge in [-0.2, -0.15) is 0 Å². The Hall–Kier alpha value is -2.49. The van der Waals surface area contributed by atoms with E-state index < -0.39 is 6.10 Å². The van der Waals surface area contributed by atoms with Crippen molar-refractivity contribution in [3.8, 4) is 11.5 Å². The lowest BCUT2D eigenvalue weighted by Crippen LogP contribution is -2.39. The third-order valence-corrected chi connectivity index (χ3v) is 4.71. The molecule has 2 aromatic carbocycles. The van der Waals surface area contributed by atoms with E-state index in [1.807, 2.05) is 38.1 Å². The Bertz CT molecular complexity index is 770. The van der Waals surface area contributed by atoms with Crippen molar-refractivity contribution in [2.45, 2.75) is 53.2 Å². The Morgan fingerprint density at radius 3 is 2.27 bits per heavy atom. The molecule has 1 N–H and O–H groups in total. The number of ether oxygens (including phenoxy) is 2. The van der Waals surface area contributed by atoms with Gasteiger partial charge in [0.25, 0.3) is 5.91 Å². The molecule has 0 aliphatic carbocycles. The Morgan fingerprint density at radius 2 is 1.65 bits per heavy atom. The zero-order chi connectivity index (χ0) is 19.3. The molecular formula is C22H29NO3. The van der Waals surface area contributed by atoms with E-state index >= 15 is 0 Å². The van der Waals surface area contributed by atoms with Gasteiger partial charge in [-0.25, -0.2) is 0 Å². The van der Waals surface area contributed by atoms with Gasteiger partial charge in [-0.3, -0.25) is 4.79 Å². The summed E-state index contributed by atoms with van der Waals surface area (Å²) in [5.41, 5.74) is 4.80. The van der Waals surface area contributed by atoms with Gasteiger partial charge in [0.15, 0.2) is 17.6 Å². The number of rotatable bonds is 7. The first-order valence-corrected chi connectivity index (χ1v) is 9.05. The molecule has 1 amide bonds. The summed E-state index contributed by atoms with van der Waals surface area (Å²) in [4.78, 5) is 12.7. The zero-order valence-corrected chi connectivity index (χ0v) is 16.6. The molecule has 4 heteroatoms. The zero-order valence-electron chi connectivity index (χ0n) is 16.6. The highest BCUT2D eigenvalue weighted by Gasteiger charge is 2.22. The van der Waals surface area contributed by atoms with E-state index in [9.17, 15) is 4.79 Å². The number of aryl methyl sites for hydroxylation is 3. The van der Waals surface area contributed by atoms with E-state index in [4.69, 9.17) is 9.47 Å². The Morgan fingerprint density at radius 1 is 1.04 bits per heavy atom. The molecule has 0 radical (unpaired) electrons. The fraction of sp³-hybridized carbons (Fsp3) is 0.409. The van der Waals surface area contributed by atoms with Gasteiger partial charge in [-0.1, -0.05) is 31.2 Å². The predicted octanol–water partition coefficient (Wildman–Crippen LogP) is 4.66. The highest BCUT2D eigenvalue weighted by atomic mass is 16.5. The van der Waals surface area contributed by atoms with Crippen LogP contribution >= 0.6 is 0 Å². The van der Waals surface area contributed by atoms with Gasteiger partial charge in [0.2, 0.25) is 0 Å². The van der Waals surface area contributed by atoms with E-state index in [0.29, 0.717) is 17.9 Å². The summed E-state index contributed by atoms with van der Waals surface area (Å²) in [6.45, 7) is 10.2. The minimum Gasteiger partial charge on any atom is -0.493 e. The van der Waals surface area contributed by atoms with Crippen LogP contribution in [0.1, 0.15) is 48.6 Å². The first-order valence-electron chi connectivity index (χ1n) is 9.05. The van der Waals surface area contributed by atoms with E-state index in [0.717, 1.165) is 5.56 Å². The molecule has 0 spiro atoms. The quantitative estimate of drug-likeness (QED) is 0.786. The van der Waals surface area contributed by atoms with E-state index in [1.54, 1.807) is 7.11 Å². The fourth-order valence-corrected chi connectivity index (χ4v) is 3.03. The van der Waals surface area contributed by atoms with Crippen molar-refractivity contribution in [2.75, 3.05) is 7.11 Å². The number of carbonyl (C=O) groups is 1. The number of para-hydroxylation sites is 2. The maximum atomic E-state index is 12.7. The normalized spacial score (nSPS) is 13.0. The number of amides is 1. The van der Waals surface area contributed by atoms with Crippen LogP contribution in [0.2, 0.25) is 0 Å². The monoisotopic (exact) mass is 355 g/mol. The second-order valence-corrected chi connectivity index (χ2v) is 6.69. The summed E-state index contributed by atoms with van der Waals surface area (Å²) in [7, 11) is 1.59. The maximum Gasteiger partial charge on any atom is 0.261 e. The average molecular weight is 355 g/mol. The van der Waals surface area contributed by atoms with Crippen LogP contribution < -0.4 is 14.8 Å². The number of hydrogen-bond acceptors (Lipinski definition) is 3. The Kier molecular flexibility index (Phi) is 6.67. The summed E-state index contributed by atoms with van der Waals surface area (Å²) in [6, 6.07) is 11.6. The molecule has 0 saturated heterocycles. The highest BCUT2D eigenvalue weighted by Crippen LogP contribution is 2.28. The topological polar surface area (TPSA) is 47.6 Å². The van der Waals surface area contributed by atoms with Crippen molar-refractivity contribution in [3.63, 3.8) is 0 Å². The van der Waals surface area contributed by atoms with Crippen LogP contribution in [0.25, 0.3) is 0 Å². The molecule has 2 aromatic rings. The minimum atomic E-state index is -0.569. The average Bonchev–Trinajstić information content (AvgIpc) is 2.62. The van der Waals surface area contributed by atoms with Crippen LogP contribution in [0.4, 0.5) is 0 Å². The highest BCUT2D eigenvalue weighted by molar-refractivity contribution is 5.81. The van der Waals surface area contributed by atoms with E-state index in [2.05, 4.69) is 38.2 Å². The molecule has 0 unspecified atom stereocenters. The predicted molar refractivity (Wildman–Crippen MR) is 105 cm³/mol. The van der Waals surface area contributed by atoms with Crippen molar-refractivity contribution >= 4 is 5.91 Å². The Balaban J connectivity index is 2.12. The molecule has 4 nitrogen and oxygen atoms in total. The van der Waals surface area contributed by atoms with Crippen LogP contribution in [0.15, 0.2) is 36.4 Å². The minimum absolute atomic E-state index is 0.0860. The van der Waals surface area contributed by atoms with Gasteiger partial charge < -0.3 is 14.8 Å². The van der Waals surface area contributed by atoms with Gasteiger partial charge in [-0.15, -0.1) is 0 Å². The smallest absolute Gasteiger partial charge is 0.261 e. The van der Waals surface area contributed by atoms with Crippen LogP contribution in [0.5, 0.6) is 11.5 Å². The number of methoxy groups -OCH3 is 1. The lowest BCUT2D eigenvalue weighted by atomic mass is 9.96. The van der Waals surface area contributed by atoms with Gasteiger partial charge in [0, 0.05) is 0 Å². The summed E-state index contributed by atoms with van der Waals surface area (Å²) < 4.78 is 11.2. The summed E-state index contributed by atoms with van der Waals surface area (Å²) >= 11 is 0. The SMILES string of the molecule is CC[C@H](Oc1ccccc1OC)C(=O)N[C@H](C)c1cc(C)c(C)cc1C. The number of benzene rings is 2. The molecule has 2 rings (SSSR count). The fourth-order valence-electron chi connectivity index (χ4n) is 3.03. The second-order valence-electron chi connectivity index (χ2n) is 6.69. The van der Waals surface area contributed by atoms with Crippen LogP contribution in [0, 0.1) is 20.8 Å². The van der Waals surface area contributed by atoms with Gasteiger partial charge in [0.05, 0.1) is 13.2 Å². The third-order valence-electron chi connectivity index (χ3n) is 4.71. The van der Waals surface area contributed by atoms with Gasteiger partial charge in [0.1, 0.15) is 0 Å². The first-order chi connectivity index (χ1) is 12.4. The second kappa shape index (κ2) is 8.75. The van der Waals surface area contributed by atoms with Crippen molar-refractivity contribution in [1.29, 1.82) is 0 Å². The van der Waals surface area contributed by atoms with Crippen LogP contribution in [-0.4, -0.2) is 19.1 Å². The molecule has 140 valence electrons. The van der Waals surface area contributed by atoms with Crippen molar-refractivity contribution in [3.05, 3.63) is 58.7 Å². The Labute approximate surface area is 156 Å². The van der Waals surface area contributed by atoms with Crippen molar-refractivity contribution < 1.29 is 14.3 Å². The maximum absolute atomic E-state index is 12.7. The molecule has 0 aliphatic heterocycles. The molecule has 0 heterocycles.